The lowest BCUT2D eigenvalue weighted by atomic mass is 10.3. The van der Waals surface area contributed by atoms with E-state index in [-0.39, 0.29) is 0 Å². The molecule has 0 spiro atoms. The fourth-order valence-electron chi connectivity index (χ4n) is 1.32. The van der Waals surface area contributed by atoms with Crippen LogP contribution in [0.2, 0.25) is 0 Å². The van der Waals surface area contributed by atoms with Gasteiger partial charge in [0, 0.05) is 10.9 Å². The summed E-state index contributed by atoms with van der Waals surface area (Å²) in [6.45, 7) is 0. The van der Waals surface area contributed by atoms with Crippen LogP contribution < -0.4 is 0 Å². The topological polar surface area (TPSA) is 0 Å². The summed E-state index contributed by atoms with van der Waals surface area (Å²) in [6, 6.07) is 10.9. The molecule has 0 saturated carbocycles. The summed E-state index contributed by atoms with van der Waals surface area (Å²) in [7, 11) is 3.73. The number of thiophene rings is 2. The van der Waals surface area contributed by atoms with Crippen molar-refractivity contribution in [3.05, 3.63) is 41.1 Å². The van der Waals surface area contributed by atoms with Crippen LogP contribution in [0.4, 0.5) is 0 Å². The summed E-state index contributed by atoms with van der Waals surface area (Å²) in [5.41, 5.74) is 0. The Kier molecular flexibility index (Phi) is 2.66. The highest BCUT2D eigenvalue weighted by molar-refractivity contribution is 7.72. The first-order valence-corrected chi connectivity index (χ1v) is 8.35. The minimum absolute atomic E-state index is 1.37. The molecule has 0 saturated heterocycles. The van der Waals surface area contributed by atoms with Crippen molar-refractivity contribution < 1.29 is 0 Å². The van der Waals surface area contributed by atoms with E-state index >= 15 is 0 Å². The second-order valence-electron chi connectivity index (χ2n) is 2.99. The summed E-state index contributed by atoms with van der Waals surface area (Å²) < 4.78 is 0. The standard InChI is InChI=1S/C11H7S4/c1-3-8(12-5-1)10-7-11(15-14-10)9-4-2-6-13-9/h1-7H/q+1. The van der Waals surface area contributed by atoms with Gasteiger partial charge in [-0.15, -0.1) is 22.7 Å². The van der Waals surface area contributed by atoms with E-state index in [1.807, 2.05) is 43.4 Å². The van der Waals surface area contributed by atoms with Gasteiger partial charge in [0.1, 0.15) is 4.88 Å². The molecule has 0 fully saturated rings. The smallest absolute Gasteiger partial charge is 0.143 e. The summed E-state index contributed by atoms with van der Waals surface area (Å²) in [4.78, 5) is 5.52. The highest BCUT2D eigenvalue weighted by Crippen LogP contribution is 2.40. The molecule has 15 heavy (non-hydrogen) atoms. The molecule has 0 nitrogen and oxygen atoms in total. The molecule has 3 aromatic rings. The van der Waals surface area contributed by atoms with E-state index in [0.717, 1.165) is 0 Å². The SMILES string of the molecule is c1csc(-c2cc(-c3cccs3)[s+]s2)c1. The van der Waals surface area contributed by atoms with Gasteiger partial charge in [-0.25, -0.2) is 0 Å². The van der Waals surface area contributed by atoms with E-state index in [4.69, 9.17) is 0 Å². The molecular formula is C11H7S4+. The van der Waals surface area contributed by atoms with Crippen molar-refractivity contribution in [3.63, 3.8) is 0 Å². The molecule has 0 amide bonds. The predicted molar refractivity (Wildman–Crippen MR) is 73.2 cm³/mol. The highest BCUT2D eigenvalue weighted by atomic mass is 32.9. The second kappa shape index (κ2) is 4.14. The zero-order valence-electron chi connectivity index (χ0n) is 7.67. The maximum Gasteiger partial charge on any atom is 0.302 e. The van der Waals surface area contributed by atoms with Crippen LogP contribution in [0.25, 0.3) is 19.5 Å². The van der Waals surface area contributed by atoms with E-state index in [2.05, 4.69) is 41.1 Å². The fraction of sp³-hybridized carbons (Fsp3) is 0. The van der Waals surface area contributed by atoms with Crippen LogP contribution >= 0.6 is 43.4 Å². The minimum Gasteiger partial charge on any atom is -0.143 e. The maximum absolute atomic E-state index is 2.30. The Morgan fingerprint density at radius 2 is 1.60 bits per heavy atom. The van der Waals surface area contributed by atoms with Crippen molar-refractivity contribution in [3.8, 4) is 19.5 Å². The average molecular weight is 267 g/mol. The molecule has 0 aliphatic carbocycles. The van der Waals surface area contributed by atoms with Crippen LogP contribution in [0, 0.1) is 0 Å². The lowest BCUT2D eigenvalue weighted by Gasteiger charge is -1.82. The zero-order valence-corrected chi connectivity index (χ0v) is 10.9. The molecule has 0 aliphatic heterocycles. The molecule has 3 aromatic heterocycles. The van der Waals surface area contributed by atoms with Gasteiger partial charge < -0.3 is 0 Å². The molecule has 4 heteroatoms. The van der Waals surface area contributed by atoms with E-state index in [1.54, 1.807) is 0 Å². The third-order valence-electron chi connectivity index (χ3n) is 2.01. The van der Waals surface area contributed by atoms with Gasteiger partial charge in [-0.05, 0) is 22.9 Å². The Balaban J connectivity index is 2.02. The van der Waals surface area contributed by atoms with Gasteiger partial charge in [-0.3, -0.25) is 0 Å². The molecule has 0 atom stereocenters. The first-order chi connectivity index (χ1) is 7.43. The van der Waals surface area contributed by atoms with Crippen molar-refractivity contribution in [2.45, 2.75) is 0 Å². The molecule has 3 heterocycles. The molecule has 0 aromatic carbocycles. The van der Waals surface area contributed by atoms with Crippen molar-refractivity contribution in [1.82, 2.24) is 0 Å². The molecule has 0 unspecified atom stereocenters. The molecule has 0 bridgehead atoms. The first-order valence-electron chi connectivity index (χ1n) is 4.44. The van der Waals surface area contributed by atoms with Crippen LogP contribution in [0.5, 0.6) is 0 Å². The lowest BCUT2D eigenvalue weighted by Crippen LogP contribution is -1.61. The third kappa shape index (κ3) is 1.90. The Hall–Kier alpha value is -0.550. The van der Waals surface area contributed by atoms with Gasteiger partial charge in [0.05, 0.1) is 4.88 Å². The number of rotatable bonds is 2. The van der Waals surface area contributed by atoms with Gasteiger partial charge in [0.2, 0.25) is 0 Å². The van der Waals surface area contributed by atoms with E-state index in [1.165, 1.54) is 19.5 Å². The molecule has 0 N–H and O–H groups in total. The van der Waals surface area contributed by atoms with Crippen LogP contribution in [0.1, 0.15) is 0 Å². The van der Waals surface area contributed by atoms with E-state index in [0.29, 0.717) is 0 Å². The summed E-state index contributed by atoms with van der Waals surface area (Å²) in [5, 5.41) is 4.26. The van der Waals surface area contributed by atoms with Crippen LogP contribution in [-0.2, 0) is 0 Å². The van der Waals surface area contributed by atoms with Gasteiger partial charge in [-0.1, -0.05) is 12.1 Å². The van der Waals surface area contributed by atoms with Gasteiger partial charge in [-0.2, -0.15) is 0 Å². The van der Waals surface area contributed by atoms with Crippen molar-refractivity contribution in [2.24, 2.45) is 0 Å². The van der Waals surface area contributed by atoms with Gasteiger partial charge in [0.15, 0.2) is 10.3 Å². The first kappa shape index (κ1) is 9.66. The van der Waals surface area contributed by atoms with Crippen LogP contribution in [0.3, 0.4) is 0 Å². The summed E-state index contributed by atoms with van der Waals surface area (Å²) in [5.74, 6) is 0. The highest BCUT2D eigenvalue weighted by Gasteiger charge is 2.17. The summed E-state index contributed by atoms with van der Waals surface area (Å²) >= 11 is 3.61. The Labute approximate surface area is 103 Å². The fourth-order valence-corrected chi connectivity index (χ4v) is 5.70. The molecule has 0 radical (unpaired) electrons. The van der Waals surface area contributed by atoms with Crippen molar-refractivity contribution >= 4 is 43.4 Å². The molecule has 0 aliphatic rings. The average Bonchev–Trinajstić information content (AvgIpc) is 3.02. The molecular weight excluding hydrogens is 260 g/mol. The van der Waals surface area contributed by atoms with E-state index < -0.39 is 0 Å². The van der Waals surface area contributed by atoms with Crippen molar-refractivity contribution in [1.29, 1.82) is 0 Å². The van der Waals surface area contributed by atoms with Gasteiger partial charge >= 0.3 is 10.3 Å². The van der Waals surface area contributed by atoms with Gasteiger partial charge in [0.25, 0.3) is 4.88 Å². The largest absolute Gasteiger partial charge is 0.302 e. The van der Waals surface area contributed by atoms with Crippen LogP contribution in [0.15, 0.2) is 41.1 Å². The Morgan fingerprint density at radius 1 is 0.867 bits per heavy atom. The monoisotopic (exact) mass is 267 g/mol. The Morgan fingerprint density at radius 3 is 2.27 bits per heavy atom. The molecule has 74 valence electrons. The zero-order chi connectivity index (χ0) is 10.1. The second-order valence-corrected chi connectivity index (χ2v) is 7.10. The van der Waals surface area contributed by atoms with E-state index in [9.17, 15) is 0 Å². The third-order valence-corrected chi connectivity index (χ3v) is 6.52. The maximum atomic E-state index is 2.30. The number of hydrogen-bond donors (Lipinski definition) is 0. The normalized spacial score (nSPS) is 10.7. The van der Waals surface area contributed by atoms with Crippen molar-refractivity contribution in [2.75, 3.05) is 0 Å². The summed E-state index contributed by atoms with van der Waals surface area (Å²) in [6.07, 6.45) is 0. The minimum atomic E-state index is 1.37. The predicted octanol–water partition coefficient (Wildman–Crippen LogP) is 5.55. The van der Waals surface area contributed by atoms with Crippen LogP contribution in [-0.4, -0.2) is 0 Å². The Bertz CT molecular complexity index is 482. The number of hydrogen-bond acceptors (Lipinski definition) is 3. The quantitative estimate of drug-likeness (QED) is 0.422. The molecule has 3 rings (SSSR count). The lowest BCUT2D eigenvalue weighted by molar-refractivity contribution is 1.92.